The van der Waals surface area contributed by atoms with Crippen molar-refractivity contribution in [3.8, 4) is 0 Å². The fourth-order valence-corrected chi connectivity index (χ4v) is 5.37. The highest BCUT2D eigenvalue weighted by Crippen LogP contribution is 2.22. The predicted octanol–water partition coefficient (Wildman–Crippen LogP) is 6.31. The molecule has 0 aromatic rings. The van der Waals surface area contributed by atoms with Crippen LogP contribution in [0, 0.1) is 23.7 Å². The molecule has 0 aliphatic rings. The number of carbonyl (C=O) groups is 4. The normalized spacial score (nSPS) is 14.3. The lowest BCUT2D eigenvalue weighted by Crippen LogP contribution is -2.39. The Balaban J connectivity index is 4.22. The lowest BCUT2D eigenvalue weighted by atomic mass is 9.91. The van der Waals surface area contributed by atoms with E-state index in [1.165, 1.54) is 62.3 Å². The SMILES string of the molecule is C/C(=C\CSCC(CC(=O)N(CC=O)CC(=O)O)C(=O)O)CCCC(C)CCCC(C)CCCC(C)C. The van der Waals surface area contributed by atoms with Crippen LogP contribution in [0.5, 0.6) is 0 Å². The number of hydrogen-bond acceptors (Lipinski definition) is 5. The van der Waals surface area contributed by atoms with Gasteiger partial charge in [-0.3, -0.25) is 14.4 Å². The van der Waals surface area contributed by atoms with Gasteiger partial charge in [-0.2, -0.15) is 11.8 Å². The first kappa shape index (κ1) is 35.2. The largest absolute Gasteiger partial charge is 0.481 e. The maximum Gasteiger partial charge on any atom is 0.323 e. The average molecular weight is 542 g/mol. The Hall–Kier alpha value is -1.83. The van der Waals surface area contributed by atoms with Gasteiger partial charge in [0.15, 0.2) is 0 Å². The number of hydrogen-bond donors (Lipinski definition) is 2. The molecule has 0 saturated carbocycles. The molecule has 0 fully saturated rings. The van der Waals surface area contributed by atoms with E-state index in [2.05, 4.69) is 40.7 Å². The van der Waals surface area contributed by atoms with Crippen molar-refractivity contribution in [1.29, 1.82) is 0 Å². The molecular formula is C29H51NO6S. The number of rotatable bonds is 23. The molecule has 0 rings (SSSR count). The summed E-state index contributed by atoms with van der Waals surface area (Å²) >= 11 is 1.45. The van der Waals surface area contributed by atoms with Crippen molar-refractivity contribution in [2.45, 2.75) is 98.8 Å². The third-order valence-electron chi connectivity index (χ3n) is 6.75. The van der Waals surface area contributed by atoms with Gasteiger partial charge in [0.05, 0.1) is 12.5 Å². The van der Waals surface area contributed by atoms with E-state index < -0.39 is 30.3 Å². The van der Waals surface area contributed by atoms with Crippen LogP contribution in [0.4, 0.5) is 0 Å². The Kier molecular flexibility index (Phi) is 20.1. The fraction of sp³-hybridized carbons (Fsp3) is 0.793. The highest BCUT2D eigenvalue weighted by Gasteiger charge is 2.25. The molecule has 0 aromatic heterocycles. The van der Waals surface area contributed by atoms with Gasteiger partial charge >= 0.3 is 11.9 Å². The Morgan fingerprint density at radius 1 is 0.892 bits per heavy atom. The molecule has 0 radical (unpaired) electrons. The molecule has 0 aromatic carbocycles. The maximum absolute atomic E-state index is 12.3. The minimum atomic E-state index is -1.24. The lowest BCUT2D eigenvalue weighted by Gasteiger charge is -2.20. The van der Waals surface area contributed by atoms with E-state index in [-0.39, 0.29) is 18.7 Å². The zero-order valence-electron chi connectivity index (χ0n) is 23.7. The molecule has 214 valence electrons. The lowest BCUT2D eigenvalue weighted by molar-refractivity contribution is -0.148. The summed E-state index contributed by atoms with van der Waals surface area (Å²) in [4.78, 5) is 46.3. The first-order chi connectivity index (χ1) is 17.5. The van der Waals surface area contributed by atoms with Crippen molar-refractivity contribution in [2.24, 2.45) is 23.7 Å². The molecule has 0 bridgehead atoms. The molecule has 37 heavy (non-hydrogen) atoms. The maximum atomic E-state index is 12.3. The highest BCUT2D eigenvalue weighted by molar-refractivity contribution is 7.99. The van der Waals surface area contributed by atoms with Gasteiger partial charge in [-0.25, -0.2) is 0 Å². The molecule has 0 spiro atoms. The van der Waals surface area contributed by atoms with Gasteiger partial charge in [0, 0.05) is 17.9 Å². The van der Waals surface area contributed by atoms with E-state index >= 15 is 0 Å². The Labute approximate surface area is 228 Å². The molecule has 8 heteroatoms. The molecule has 0 aliphatic heterocycles. The second-order valence-electron chi connectivity index (χ2n) is 11.0. The van der Waals surface area contributed by atoms with Crippen LogP contribution in [0.3, 0.4) is 0 Å². The van der Waals surface area contributed by atoms with Crippen LogP contribution in [-0.4, -0.2) is 63.8 Å². The summed E-state index contributed by atoms with van der Waals surface area (Å²) in [5.41, 5.74) is 1.29. The van der Waals surface area contributed by atoms with Gasteiger partial charge in [0.25, 0.3) is 0 Å². The van der Waals surface area contributed by atoms with Crippen molar-refractivity contribution in [3.63, 3.8) is 0 Å². The van der Waals surface area contributed by atoms with E-state index in [4.69, 9.17) is 5.11 Å². The number of carbonyl (C=O) groups excluding carboxylic acids is 2. The smallest absolute Gasteiger partial charge is 0.323 e. The van der Waals surface area contributed by atoms with Crippen molar-refractivity contribution >= 4 is 35.9 Å². The summed E-state index contributed by atoms with van der Waals surface area (Å²) in [6, 6.07) is 0. The van der Waals surface area contributed by atoms with Crippen molar-refractivity contribution in [1.82, 2.24) is 4.90 Å². The third-order valence-corrected chi connectivity index (χ3v) is 7.79. The molecule has 2 N–H and O–H groups in total. The summed E-state index contributed by atoms with van der Waals surface area (Å²) in [5, 5.41) is 18.3. The van der Waals surface area contributed by atoms with Crippen LogP contribution < -0.4 is 0 Å². The van der Waals surface area contributed by atoms with E-state index in [1.54, 1.807) is 0 Å². The second kappa shape index (κ2) is 21.1. The minimum absolute atomic E-state index is 0.250. The van der Waals surface area contributed by atoms with Crippen LogP contribution in [0.1, 0.15) is 98.8 Å². The molecule has 1 amide bonds. The summed E-state index contributed by atoms with van der Waals surface area (Å²) < 4.78 is 0. The number of carboxylic acid groups (broad SMARTS) is 2. The van der Waals surface area contributed by atoms with Crippen LogP contribution in [0.2, 0.25) is 0 Å². The number of nitrogens with zero attached hydrogens (tertiary/aromatic N) is 1. The topological polar surface area (TPSA) is 112 Å². The van der Waals surface area contributed by atoms with Crippen molar-refractivity contribution in [3.05, 3.63) is 11.6 Å². The van der Waals surface area contributed by atoms with Gasteiger partial charge in [-0.15, -0.1) is 0 Å². The molecule has 3 unspecified atom stereocenters. The standard InChI is InChI=1S/C29H51NO6S/c1-22(2)9-6-10-23(3)11-7-12-24(4)13-8-14-25(5)15-18-37-21-26(29(35)36)19-27(32)30(16-17-31)20-28(33)34/h15,17,22-24,26H,6-14,16,18-21H2,1-5H3,(H,33,34)(H,35,36)/b25-15+. The summed E-state index contributed by atoms with van der Waals surface area (Å²) in [6.45, 7) is 10.4. The molecule has 3 atom stereocenters. The van der Waals surface area contributed by atoms with Gasteiger partial charge in [-0.1, -0.05) is 84.3 Å². The number of aldehydes is 1. The summed E-state index contributed by atoms with van der Waals surface area (Å²) in [5.74, 6) is -0.612. The van der Waals surface area contributed by atoms with E-state index in [1.807, 2.05) is 0 Å². The second-order valence-corrected chi connectivity index (χ2v) is 12.1. The van der Waals surface area contributed by atoms with Crippen LogP contribution >= 0.6 is 11.8 Å². The van der Waals surface area contributed by atoms with E-state index in [9.17, 15) is 24.3 Å². The Morgan fingerprint density at radius 3 is 1.97 bits per heavy atom. The quantitative estimate of drug-likeness (QED) is 0.0886. The number of thioether (sulfide) groups is 1. The van der Waals surface area contributed by atoms with Crippen molar-refractivity contribution in [2.75, 3.05) is 24.6 Å². The number of allylic oxidation sites excluding steroid dienone is 1. The first-order valence-electron chi connectivity index (χ1n) is 13.9. The zero-order valence-corrected chi connectivity index (χ0v) is 24.6. The molecule has 0 saturated heterocycles. The number of amides is 1. The Morgan fingerprint density at radius 2 is 1.46 bits per heavy atom. The first-order valence-corrected chi connectivity index (χ1v) is 15.0. The van der Waals surface area contributed by atoms with Gasteiger partial charge in [0.2, 0.25) is 5.91 Å². The van der Waals surface area contributed by atoms with Crippen LogP contribution in [-0.2, 0) is 19.2 Å². The Bertz CT molecular complexity index is 709. The van der Waals surface area contributed by atoms with E-state index in [0.717, 1.165) is 35.5 Å². The van der Waals surface area contributed by atoms with Crippen LogP contribution in [0.15, 0.2) is 11.6 Å². The van der Waals surface area contributed by atoms with E-state index in [0.29, 0.717) is 12.0 Å². The van der Waals surface area contributed by atoms with Gasteiger partial charge in [-0.05, 0) is 37.5 Å². The highest BCUT2D eigenvalue weighted by atomic mass is 32.2. The fourth-order valence-electron chi connectivity index (χ4n) is 4.29. The average Bonchev–Trinajstić information content (AvgIpc) is 2.79. The number of carboxylic acids is 2. The third kappa shape index (κ3) is 19.9. The van der Waals surface area contributed by atoms with Crippen molar-refractivity contribution < 1.29 is 29.4 Å². The molecule has 0 aliphatic carbocycles. The monoisotopic (exact) mass is 541 g/mol. The predicted molar refractivity (Wildman–Crippen MR) is 152 cm³/mol. The van der Waals surface area contributed by atoms with Crippen LogP contribution in [0.25, 0.3) is 0 Å². The molecular weight excluding hydrogens is 490 g/mol. The van der Waals surface area contributed by atoms with Gasteiger partial charge < -0.3 is 19.9 Å². The minimum Gasteiger partial charge on any atom is -0.481 e. The zero-order chi connectivity index (χ0) is 28.2. The summed E-state index contributed by atoms with van der Waals surface area (Å²) in [6.07, 6.45) is 13.6. The molecule has 0 heterocycles. The molecule has 7 nitrogen and oxygen atoms in total. The summed E-state index contributed by atoms with van der Waals surface area (Å²) in [7, 11) is 0. The van der Waals surface area contributed by atoms with Gasteiger partial charge in [0.1, 0.15) is 12.8 Å². The number of aliphatic carboxylic acids is 2.